The molecule has 1 aromatic carbocycles. The minimum absolute atomic E-state index is 0.0954. The molecule has 110 valence electrons. The Kier molecular flexibility index (Phi) is 2.75. The van der Waals surface area contributed by atoms with Gasteiger partial charge in [-0.1, -0.05) is 61.9 Å². The van der Waals surface area contributed by atoms with E-state index in [1.54, 1.807) is 0 Å². The van der Waals surface area contributed by atoms with Crippen LogP contribution in [0.4, 0.5) is 0 Å². The molecule has 1 aromatic rings. The molecule has 0 spiro atoms. The third kappa shape index (κ3) is 1.83. The minimum Gasteiger partial charge on any atom is -0.0801 e. The summed E-state index contributed by atoms with van der Waals surface area (Å²) in [5.41, 5.74) is 8.65. The van der Waals surface area contributed by atoms with Crippen LogP contribution in [0.15, 0.2) is 59.2 Å². The number of hydrogen-bond acceptors (Lipinski definition) is 0. The molecule has 0 saturated heterocycles. The van der Waals surface area contributed by atoms with Crippen molar-refractivity contribution in [1.29, 1.82) is 0 Å². The molecule has 3 aliphatic rings. The summed E-state index contributed by atoms with van der Waals surface area (Å²) >= 11 is 0. The molecule has 0 heteroatoms. The van der Waals surface area contributed by atoms with Gasteiger partial charge in [0, 0.05) is 5.41 Å². The Hall–Kier alpha value is -2.08. The van der Waals surface area contributed by atoms with Gasteiger partial charge in [-0.05, 0) is 64.6 Å². The molecule has 4 rings (SSSR count). The van der Waals surface area contributed by atoms with Gasteiger partial charge in [0.2, 0.25) is 0 Å². The summed E-state index contributed by atoms with van der Waals surface area (Å²) in [6.45, 7) is 9.08. The van der Waals surface area contributed by atoms with E-state index in [2.05, 4.69) is 76.3 Å². The van der Waals surface area contributed by atoms with Crippen LogP contribution in [0, 0.1) is 19.3 Å². The molecular weight excluding hydrogens is 264 g/mol. The van der Waals surface area contributed by atoms with E-state index < -0.39 is 0 Å². The number of rotatable bonds is 1. The summed E-state index contributed by atoms with van der Waals surface area (Å²) in [4.78, 5) is 0. The third-order valence-corrected chi connectivity index (χ3v) is 5.04. The Bertz CT molecular complexity index is 925. The van der Waals surface area contributed by atoms with E-state index in [1.807, 2.05) is 0 Å². The minimum atomic E-state index is 0.0954. The predicted octanol–water partition coefficient (Wildman–Crippen LogP) is 4.03. The first-order valence-corrected chi connectivity index (χ1v) is 8.11. The van der Waals surface area contributed by atoms with E-state index in [1.165, 1.54) is 43.9 Å². The molecule has 0 saturated carbocycles. The second-order valence-corrected chi connectivity index (χ2v) is 7.27. The summed E-state index contributed by atoms with van der Waals surface area (Å²) in [7, 11) is 0. The number of allylic oxidation sites excluding steroid dienone is 8. The molecule has 0 aliphatic heterocycles. The maximum Gasteiger partial charge on any atom is 0.00876 e. The fourth-order valence-corrected chi connectivity index (χ4v) is 4.17. The lowest BCUT2D eigenvalue weighted by Gasteiger charge is -2.31. The molecule has 0 aromatic heterocycles. The van der Waals surface area contributed by atoms with Crippen LogP contribution in [-0.2, 0) is 0 Å². The Morgan fingerprint density at radius 1 is 1.05 bits per heavy atom. The number of hydrogen-bond donors (Lipinski definition) is 0. The molecule has 0 unspecified atom stereocenters. The standard InChI is InChI=1S/C22H22/c1-14-11-15(2)20-17(12-14)13-19-18(20)9-10-22(3,4)21(19)16-7-5-6-8-16/h5-7,9-13H,8H2,1-4H3. The first kappa shape index (κ1) is 13.6. The van der Waals surface area contributed by atoms with Crippen LogP contribution < -0.4 is 10.4 Å². The van der Waals surface area contributed by atoms with Gasteiger partial charge in [0.15, 0.2) is 0 Å². The van der Waals surface area contributed by atoms with Crippen LogP contribution in [0.2, 0.25) is 0 Å². The topological polar surface area (TPSA) is 0 Å². The van der Waals surface area contributed by atoms with E-state index >= 15 is 0 Å². The van der Waals surface area contributed by atoms with Gasteiger partial charge in [0.1, 0.15) is 0 Å². The van der Waals surface area contributed by atoms with E-state index in [0.717, 1.165) is 6.42 Å². The van der Waals surface area contributed by atoms with Crippen molar-refractivity contribution in [2.45, 2.75) is 34.1 Å². The Morgan fingerprint density at radius 3 is 2.59 bits per heavy atom. The van der Waals surface area contributed by atoms with Crippen molar-refractivity contribution in [3.05, 3.63) is 80.8 Å². The van der Waals surface area contributed by atoms with Crippen molar-refractivity contribution in [2.75, 3.05) is 0 Å². The number of aryl methyl sites for hydroxylation is 2. The number of benzene rings is 1. The monoisotopic (exact) mass is 286 g/mol. The third-order valence-electron chi connectivity index (χ3n) is 5.04. The smallest absolute Gasteiger partial charge is 0.00876 e. The van der Waals surface area contributed by atoms with Crippen LogP contribution in [0.1, 0.15) is 31.4 Å². The van der Waals surface area contributed by atoms with Crippen molar-refractivity contribution in [1.82, 2.24) is 0 Å². The highest BCUT2D eigenvalue weighted by Crippen LogP contribution is 2.45. The zero-order chi connectivity index (χ0) is 15.5. The van der Waals surface area contributed by atoms with Crippen molar-refractivity contribution in [2.24, 2.45) is 5.41 Å². The van der Waals surface area contributed by atoms with E-state index in [9.17, 15) is 0 Å². The first-order valence-electron chi connectivity index (χ1n) is 8.11. The average molecular weight is 286 g/mol. The lowest BCUT2D eigenvalue weighted by molar-refractivity contribution is 0.579. The van der Waals surface area contributed by atoms with Crippen molar-refractivity contribution in [3.63, 3.8) is 0 Å². The van der Waals surface area contributed by atoms with Gasteiger partial charge in [-0.2, -0.15) is 0 Å². The lowest BCUT2D eigenvalue weighted by Crippen LogP contribution is -2.26. The SMILES string of the molecule is Cc1cc(C)c2c(c1)=CC1=C(C3=CC=CC3)C(C)(C)C=CC=21. The second kappa shape index (κ2) is 4.46. The largest absolute Gasteiger partial charge is 0.0801 e. The molecular formula is C22H22. The van der Waals surface area contributed by atoms with Crippen LogP contribution in [-0.4, -0.2) is 0 Å². The first-order chi connectivity index (χ1) is 10.5. The van der Waals surface area contributed by atoms with E-state index in [0.29, 0.717) is 0 Å². The fraction of sp³-hybridized carbons (Fsp3) is 0.273. The lowest BCUT2D eigenvalue weighted by atomic mass is 9.72. The van der Waals surface area contributed by atoms with Crippen LogP contribution in [0.3, 0.4) is 0 Å². The summed E-state index contributed by atoms with van der Waals surface area (Å²) in [6, 6.07) is 4.62. The van der Waals surface area contributed by atoms with Crippen molar-refractivity contribution in [3.8, 4) is 0 Å². The molecule has 0 bridgehead atoms. The van der Waals surface area contributed by atoms with Crippen molar-refractivity contribution < 1.29 is 0 Å². The molecule has 0 heterocycles. The maximum absolute atomic E-state index is 2.41. The molecule has 3 aliphatic carbocycles. The average Bonchev–Trinajstić information content (AvgIpc) is 3.04. The molecule has 0 amide bonds. The molecule has 0 N–H and O–H groups in total. The quantitative estimate of drug-likeness (QED) is 0.731. The van der Waals surface area contributed by atoms with Gasteiger partial charge in [0.05, 0.1) is 0 Å². The molecule has 22 heavy (non-hydrogen) atoms. The van der Waals surface area contributed by atoms with Gasteiger partial charge in [-0.15, -0.1) is 0 Å². The fourth-order valence-electron chi connectivity index (χ4n) is 4.17. The summed E-state index contributed by atoms with van der Waals surface area (Å²) in [6.07, 6.45) is 14.9. The van der Waals surface area contributed by atoms with Gasteiger partial charge in [0.25, 0.3) is 0 Å². The Labute approximate surface area is 132 Å². The molecule has 0 atom stereocenters. The second-order valence-electron chi connectivity index (χ2n) is 7.27. The highest BCUT2D eigenvalue weighted by molar-refractivity contribution is 5.92. The highest BCUT2D eigenvalue weighted by Gasteiger charge is 2.31. The zero-order valence-corrected chi connectivity index (χ0v) is 13.8. The predicted molar refractivity (Wildman–Crippen MR) is 94.8 cm³/mol. The molecule has 0 radical (unpaired) electrons. The van der Waals surface area contributed by atoms with E-state index in [4.69, 9.17) is 0 Å². The Morgan fingerprint density at radius 2 is 1.86 bits per heavy atom. The van der Waals surface area contributed by atoms with Gasteiger partial charge < -0.3 is 0 Å². The van der Waals surface area contributed by atoms with Gasteiger partial charge in [-0.25, -0.2) is 0 Å². The van der Waals surface area contributed by atoms with Gasteiger partial charge in [-0.3, -0.25) is 0 Å². The molecule has 0 fully saturated rings. The Balaban J connectivity index is 2.09. The van der Waals surface area contributed by atoms with Crippen molar-refractivity contribution >= 4 is 11.6 Å². The summed E-state index contributed by atoms with van der Waals surface area (Å²) < 4.78 is 0. The van der Waals surface area contributed by atoms with Crippen LogP contribution in [0.25, 0.3) is 11.6 Å². The highest BCUT2D eigenvalue weighted by atomic mass is 14.3. The van der Waals surface area contributed by atoms with E-state index in [-0.39, 0.29) is 5.41 Å². The summed E-state index contributed by atoms with van der Waals surface area (Å²) in [5, 5.41) is 2.81. The van der Waals surface area contributed by atoms with Gasteiger partial charge >= 0.3 is 0 Å². The maximum atomic E-state index is 2.41. The van der Waals surface area contributed by atoms with Crippen LogP contribution in [0.5, 0.6) is 0 Å². The summed E-state index contributed by atoms with van der Waals surface area (Å²) in [5.74, 6) is 0. The molecule has 0 nitrogen and oxygen atoms in total. The number of fused-ring (bicyclic) bond motifs is 2. The van der Waals surface area contributed by atoms with Crippen LogP contribution >= 0.6 is 0 Å². The zero-order valence-electron chi connectivity index (χ0n) is 13.8. The normalized spacial score (nSPS) is 20.9.